The van der Waals surface area contributed by atoms with Crippen LogP contribution in [-0.2, 0) is 33.4 Å². The zero-order chi connectivity index (χ0) is 21.6. The van der Waals surface area contributed by atoms with Gasteiger partial charge in [-0.05, 0) is 36.5 Å². The summed E-state index contributed by atoms with van der Waals surface area (Å²) in [6.07, 6.45) is 4.65. The van der Waals surface area contributed by atoms with Crippen LogP contribution in [-0.4, -0.2) is 43.0 Å². The summed E-state index contributed by atoms with van der Waals surface area (Å²) < 4.78 is 16.3. The number of allylic oxidation sites excluding steroid dienone is 1. The van der Waals surface area contributed by atoms with E-state index >= 15 is 0 Å². The fraction of sp³-hybridized carbons (Fsp3) is 0.545. The summed E-state index contributed by atoms with van der Waals surface area (Å²) in [4.78, 5) is 47.4. The first kappa shape index (κ1) is 22.6. The number of hydrogen-bond acceptors (Lipinski definition) is 7. The molecule has 0 amide bonds. The van der Waals surface area contributed by atoms with Crippen LogP contribution >= 0.6 is 0 Å². The van der Waals surface area contributed by atoms with E-state index in [1.165, 1.54) is 6.92 Å². The highest BCUT2D eigenvalue weighted by atomic mass is 16.6. The van der Waals surface area contributed by atoms with E-state index in [0.29, 0.717) is 24.8 Å². The van der Waals surface area contributed by atoms with E-state index in [0.717, 1.165) is 11.9 Å². The lowest BCUT2D eigenvalue weighted by Crippen LogP contribution is -2.35. The van der Waals surface area contributed by atoms with Crippen LogP contribution in [0.1, 0.15) is 46.5 Å². The van der Waals surface area contributed by atoms with Gasteiger partial charge in [-0.1, -0.05) is 26.5 Å². The van der Waals surface area contributed by atoms with E-state index in [2.05, 4.69) is 6.58 Å². The Bertz CT molecular complexity index is 746. The molecule has 0 unspecified atom stereocenters. The molecular weight excluding hydrogens is 376 g/mol. The topological polar surface area (TPSA) is 96.0 Å². The monoisotopic (exact) mass is 404 g/mol. The summed E-state index contributed by atoms with van der Waals surface area (Å²) in [6.45, 7) is 8.85. The molecule has 0 bridgehead atoms. The second-order valence-electron chi connectivity index (χ2n) is 7.45. The Labute approximate surface area is 170 Å². The molecule has 0 N–H and O–H groups in total. The highest BCUT2D eigenvalue weighted by molar-refractivity contribution is 5.91. The Morgan fingerprint density at radius 3 is 2.76 bits per heavy atom. The smallest absolute Gasteiger partial charge is 0.334 e. The lowest BCUT2D eigenvalue weighted by molar-refractivity contribution is -0.156. The van der Waals surface area contributed by atoms with Crippen molar-refractivity contribution >= 4 is 24.2 Å². The third-order valence-electron chi connectivity index (χ3n) is 5.27. The number of esters is 3. The number of fused-ring (bicyclic) bond motifs is 1. The van der Waals surface area contributed by atoms with Gasteiger partial charge in [-0.15, -0.1) is 0 Å². The second-order valence-corrected chi connectivity index (χ2v) is 7.45. The summed E-state index contributed by atoms with van der Waals surface area (Å²) >= 11 is 0. The molecule has 1 heterocycles. The highest BCUT2D eigenvalue weighted by Gasteiger charge is 2.45. The van der Waals surface area contributed by atoms with Gasteiger partial charge in [0, 0.05) is 18.9 Å². The normalized spacial score (nSPS) is 29.3. The minimum atomic E-state index is -0.763. The first-order valence-corrected chi connectivity index (χ1v) is 9.84. The van der Waals surface area contributed by atoms with Crippen molar-refractivity contribution in [3.8, 4) is 0 Å². The molecule has 0 aromatic rings. The van der Waals surface area contributed by atoms with Gasteiger partial charge in [-0.2, -0.15) is 0 Å². The Morgan fingerprint density at radius 1 is 1.41 bits per heavy atom. The Hall–Kier alpha value is -2.70. The van der Waals surface area contributed by atoms with E-state index in [1.54, 1.807) is 19.1 Å². The summed E-state index contributed by atoms with van der Waals surface area (Å²) in [5.41, 5.74) is 1.44. The molecule has 7 nitrogen and oxygen atoms in total. The number of carbonyl (C=O) groups excluding carboxylic acids is 4. The molecule has 1 saturated heterocycles. The van der Waals surface area contributed by atoms with Crippen molar-refractivity contribution in [2.45, 2.75) is 58.7 Å². The molecule has 0 spiro atoms. The molecule has 29 heavy (non-hydrogen) atoms. The predicted molar refractivity (Wildman–Crippen MR) is 105 cm³/mol. The van der Waals surface area contributed by atoms with E-state index < -0.39 is 36.0 Å². The molecule has 0 aromatic carbocycles. The number of ether oxygens (including phenoxy) is 3. The average molecular weight is 404 g/mol. The molecule has 0 saturated carbocycles. The Balaban J connectivity index is 2.41. The zero-order valence-electron chi connectivity index (χ0n) is 17.1. The van der Waals surface area contributed by atoms with Crippen LogP contribution in [0.4, 0.5) is 0 Å². The number of aldehydes is 1. The lowest BCUT2D eigenvalue weighted by atomic mass is 9.85. The first-order valence-electron chi connectivity index (χ1n) is 9.84. The number of carbonyl (C=O) groups is 4. The first-order chi connectivity index (χ1) is 13.8. The second kappa shape index (κ2) is 10.2. The van der Waals surface area contributed by atoms with Crippen LogP contribution in [0.5, 0.6) is 0 Å². The van der Waals surface area contributed by atoms with Crippen LogP contribution in [0, 0.1) is 11.8 Å². The van der Waals surface area contributed by atoms with E-state index in [9.17, 15) is 19.2 Å². The quantitative estimate of drug-likeness (QED) is 0.221. The molecule has 1 aliphatic heterocycles. The van der Waals surface area contributed by atoms with Crippen LogP contribution < -0.4 is 0 Å². The van der Waals surface area contributed by atoms with Crippen LogP contribution in [0.3, 0.4) is 0 Å². The maximum Gasteiger partial charge on any atom is 0.334 e. The summed E-state index contributed by atoms with van der Waals surface area (Å²) in [6, 6.07) is 0. The molecule has 0 aromatic heterocycles. The van der Waals surface area contributed by atoms with Crippen molar-refractivity contribution in [3.63, 3.8) is 0 Å². The van der Waals surface area contributed by atoms with Crippen molar-refractivity contribution in [3.05, 3.63) is 35.5 Å². The fourth-order valence-electron chi connectivity index (χ4n) is 3.34. The third kappa shape index (κ3) is 5.89. The van der Waals surface area contributed by atoms with Gasteiger partial charge in [-0.25, -0.2) is 4.79 Å². The van der Waals surface area contributed by atoms with Crippen LogP contribution in [0.25, 0.3) is 0 Å². The molecule has 4 atom stereocenters. The van der Waals surface area contributed by atoms with Gasteiger partial charge in [0.25, 0.3) is 0 Å². The maximum atomic E-state index is 12.4. The van der Waals surface area contributed by atoms with E-state index in [-0.39, 0.29) is 24.5 Å². The summed E-state index contributed by atoms with van der Waals surface area (Å²) in [7, 11) is 0. The van der Waals surface area contributed by atoms with Gasteiger partial charge in [-0.3, -0.25) is 14.4 Å². The van der Waals surface area contributed by atoms with Gasteiger partial charge in [0.15, 0.2) is 0 Å². The molecule has 7 heteroatoms. The van der Waals surface area contributed by atoms with Crippen molar-refractivity contribution in [2.24, 2.45) is 11.8 Å². The van der Waals surface area contributed by atoms with Crippen molar-refractivity contribution in [1.82, 2.24) is 0 Å². The van der Waals surface area contributed by atoms with Crippen LogP contribution in [0.15, 0.2) is 35.5 Å². The molecule has 2 rings (SSSR count). The number of rotatable bonds is 6. The minimum absolute atomic E-state index is 0.0597. The van der Waals surface area contributed by atoms with Gasteiger partial charge in [0.1, 0.15) is 25.1 Å². The molecular formula is C22H28O7. The van der Waals surface area contributed by atoms with Gasteiger partial charge < -0.3 is 14.2 Å². The van der Waals surface area contributed by atoms with E-state index in [4.69, 9.17) is 14.2 Å². The van der Waals surface area contributed by atoms with Gasteiger partial charge in [0.2, 0.25) is 0 Å². The zero-order valence-corrected chi connectivity index (χ0v) is 17.1. The Morgan fingerprint density at radius 2 is 2.14 bits per heavy atom. The number of hydrogen-bond donors (Lipinski definition) is 0. The van der Waals surface area contributed by atoms with Gasteiger partial charge >= 0.3 is 17.9 Å². The van der Waals surface area contributed by atoms with E-state index in [1.807, 2.05) is 6.92 Å². The average Bonchev–Trinajstić information content (AvgIpc) is 2.96. The molecule has 0 radical (unpaired) electrons. The largest absolute Gasteiger partial charge is 0.461 e. The fourth-order valence-corrected chi connectivity index (χ4v) is 3.34. The molecule has 2 aliphatic rings. The molecule has 158 valence electrons. The Kier molecular flexibility index (Phi) is 7.93. The van der Waals surface area contributed by atoms with Crippen molar-refractivity contribution in [2.75, 3.05) is 6.61 Å². The predicted octanol–water partition coefficient (Wildman–Crippen LogP) is 2.84. The third-order valence-corrected chi connectivity index (χ3v) is 5.27. The highest BCUT2D eigenvalue weighted by Crippen LogP contribution is 2.36. The van der Waals surface area contributed by atoms with Gasteiger partial charge in [0.05, 0.1) is 11.8 Å². The summed E-state index contributed by atoms with van der Waals surface area (Å²) in [5, 5.41) is 0. The molecule has 1 fully saturated rings. The maximum absolute atomic E-state index is 12.4. The summed E-state index contributed by atoms with van der Waals surface area (Å²) in [5.74, 6) is -2.31. The van der Waals surface area contributed by atoms with Crippen LogP contribution in [0.2, 0.25) is 0 Å². The molecule has 1 aliphatic carbocycles. The SMILES string of the molecule is C=C1C(=O)O[C@H]2/C=C(/COC(C)=O)CC/C=C(/C=O)C[C@@H](OC(=O)[C@H](C)CC)[C@@H]12. The minimum Gasteiger partial charge on any atom is -0.461 e. The van der Waals surface area contributed by atoms with Crippen molar-refractivity contribution in [1.29, 1.82) is 0 Å². The van der Waals surface area contributed by atoms with Crippen molar-refractivity contribution < 1.29 is 33.4 Å². The standard InChI is InChI=1S/C22H28O7/c1-5-13(2)21(25)28-18-9-16(11-23)7-6-8-17(12-27-15(4)24)10-19-20(18)14(3)22(26)29-19/h7,10-11,13,18-20H,3,5-6,8-9,12H2,1-2,4H3/b16-7+,17-10+/t13-,18-,19+,20-/m1/s1. The lowest BCUT2D eigenvalue weighted by Gasteiger charge is -2.28.